The largest absolute Gasteiger partial charge is 0.467 e. The van der Waals surface area contributed by atoms with E-state index < -0.39 is 5.54 Å². The number of esters is 1. The lowest BCUT2D eigenvalue weighted by Crippen LogP contribution is -2.44. The molecule has 0 aliphatic carbocycles. The fraction of sp³-hybridized carbons (Fsp3) is 0.429. The second-order valence-electron chi connectivity index (χ2n) is 4.47. The highest BCUT2D eigenvalue weighted by Crippen LogP contribution is 2.28. The normalized spacial score (nSPS) is 13.2. The predicted molar refractivity (Wildman–Crippen MR) is 77.8 cm³/mol. The second kappa shape index (κ2) is 6.58. The van der Waals surface area contributed by atoms with E-state index in [-0.39, 0.29) is 5.97 Å². The lowest BCUT2D eigenvalue weighted by molar-refractivity contribution is -0.145. The minimum atomic E-state index is -0.837. The summed E-state index contributed by atoms with van der Waals surface area (Å²) in [6.07, 6.45) is 1.45. The van der Waals surface area contributed by atoms with Crippen molar-refractivity contribution in [1.82, 2.24) is 0 Å². The van der Waals surface area contributed by atoms with E-state index in [0.717, 1.165) is 6.42 Å². The van der Waals surface area contributed by atoms with Gasteiger partial charge in [0.15, 0.2) is 0 Å². The van der Waals surface area contributed by atoms with Gasteiger partial charge in [-0.2, -0.15) is 5.26 Å². The van der Waals surface area contributed by atoms with Gasteiger partial charge in [0.2, 0.25) is 0 Å². The van der Waals surface area contributed by atoms with Gasteiger partial charge < -0.3 is 10.1 Å². The van der Waals surface area contributed by atoms with Gasteiger partial charge in [0.25, 0.3) is 0 Å². The summed E-state index contributed by atoms with van der Waals surface area (Å²) in [5.41, 5.74) is 0.266. The minimum Gasteiger partial charge on any atom is -0.467 e. The number of carbonyl (C=O) groups is 1. The molecule has 1 aromatic rings. The van der Waals surface area contributed by atoms with Gasteiger partial charge in [-0.3, -0.25) is 0 Å². The van der Waals surface area contributed by atoms with E-state index in [1.54, 1.807) is 19.1 Å². The SMILES string of the molecule is CCCC(C)(Nc1cccc(Br)c1C#N)C(=O)OC. The third-order valence-corrected chi connectivity index (χ3v) is 3.58. The van der Waals surface area contributed by atoms with Crippen LogP contribution >= 0.6 is 15.9 Å². The van der Waals surface area contributed by atoms with Crippen LogP contribution < -0.4 is 5.32 Å². The van der Waals surface area contributed by atoms with E-state index in [1.165, 1.54) is 7.11 Å². The third kappa shape index (κ3) is 3.48. The fourth-order valence-corrected chi connectivity index (χ4v) is 2.43. The predicted octanol–water partition coefficient (Wildman–Crippen LogP) is 3.46. The van der Waals surface area contributed by atoms with Crippen molar-refractivity contribution in [3.8, 4) is 6.07 Å². The van der Waals surface area contributed by atoms with Gasteiger partial charge in [-0.1, -0.05) is 19.4 Å². The Hall–Kier alpha value is -1.54. The first-order chi connectivity index (χ1) is 8.98. The van der Waals surface area contributed by atoms with Gasteiger partial charge in [0.05, 0.1) is 18.4 Å². The Morgan fingerprint density at radius 3 is 2.79 bits per heavy atom. The van der Waals surface area contributed by atoms with Crippen LogP contribution in [0, 0.1) is 11.3 Å². The van der Waals surface area contributed by atoms with Crippen LogP contribution in [0.3, 0.4) is 0 Å². The summed E-state index contributed by atoms with van der Waals surface area (Å²) in [7, 11) is 1.37. The topological polar surface area (TPSA) is 62.1 Å². The highest BCUT2D eigenvalue weighted by atomic mass is 79.9. The van der Waals surface area contributed by atoms with Crippen LogP contribution in [0.15, 0.2) is 22.7 Å². The quantitative estimate of drug-likeness (QED) is 0.842. The summed E-state index contributed by atoms with van der Waals surface area (Å²) < 4.78 is 5.55. The summed E-state index contributed by atoms with van der Waals surface area (Å²) >= 11 is 3.33. The Kier molecular flexibility index (Phi) is 5.37. The van der Waals surface area contributed by atoms with Crippen molar-refractivity contribution >= 4 is 27.6 Å². The summed E-state index contributed by atoms with van der Waals surface area (Å²) in [5, 5.41) is 12.3. The van der Waals surface area contributed by atoms with Crippen LogP contribution in [0.1, 0.15) is 32.3 Å². The number of nitrogens with one attached hydrogen (secondary N) is 1. The molecule has 0 aliphatic rings. The van der Waals surface area contributed by atoms with Gasteiger partial charge >= 0.3 is 5.97 Å². The Morgan fingerprint density at radius 2 is 2.26 bits per heavy atom. The molecular weight excluding hydrogens is 308 g/mol. The molecule has 1 atom stereocenters. The molecule has 102 valence electrons. The van der Waals surface area contributed by atoms with Crippen molar-refractivity contribution in [1.29, 1.82) is 5.26 Å². The smallest absolute Gasteiger partial charge is 0.331 e. The number of benzene rings is 1. The van der Waals surface area contributed by atoms with Gasteiger partial charge in [-0.15, -0.1) is 0 Å². The molecule has 0 aromatic heterocycles. The number of methoxy groups -OCH3 is 1. The van der Waals surface area contributed by atoms with Gasteiger partial charge in [-0.25, -0.2) is 4.79 Å². The van der Waals surface area contributed by atoms with Crippen molar-refractivity contribution < 1.29 is 9.53 Å². The van der Waals surface area contributed by atoms with E-state index in [2.05, 4.69) is 27.3 Å². The molecular formula is C14H17BrN2O2. The fourth-order valence-electron chi connectivity index (χ4n) is 1.98. The summed E-state index contributed by atoms with van der Waals surface area (Å²) in [6, 6.07) is 7.51. The maximum absolute atomic E-state index is 11.9. The van der Waals surface area contributed by atoms with Gasteiger partial charge in [-0.05, 0) is 41.4 Å². The Balaban J connectivity index is 3.14. The van der Waals surface area contributed by atoms with Gasteiger partial charge in [0.1, 0.15) is 11.6 Å². The monoisotopic (exact) mass is 324 g/mol. The van der Waals surface area contributed by atoms with Crippen molar-refractivity contribution in [2.45, 2.75) is 32.2 Å². The van der Waals surface area contributed by atoms with E-state index in [9.17, 15) is 10.1 Å². The van der Waals surface area contributed by atoms with Crippen LogP contribution in [-0.2, 0) is 9.53 Å². The third-order valence-electron chi connectivity index (χ3n) is 2.92. The number of nitriles is 1. The van der Waals surface area contributed by atoms with Gasteiger partial charge in [0, 0.05) is 4.47 Å². The van der Waals surface area contributed by atoms with Crippen LogP contribution in [0.25, 0.3) is 0 Å². The minimum absolute atomic E-state index is 0.335. The molecule has 0 saturated heterocycles. The van der Waals surface area contributed by atoms with E-state index in [1.807, 2.05) is 13.0 Å². The number of ether oxygens (including phenoxy) is 1. The molecule has 0 heterocycles. The summed E-state index contributed by atoms with van der Waals surface area (Å²) in [4.78, 5) is 11.9. The number of nitrogens with zero attached hydrogens (tertiary/aromatic N) is 1. The van der Waals surface area contributed by atoms with Crippen LogP contribution in [0.4, 0.5) is 5.69 Å². The van der Waals surface area contributed by atoms with Crippen molar-refractivity contribution in [3.05, 3.63) is 28.2 Å². The first-order valence-corrected chi connectivity index (χ1v) is 6.83. The number of rotatable bonds is 5. The lowest BCUT2D eigenvalue weighted by Gasteiger charge is -2.29. The average molecular weight is 325 g/mol. The molecule has 0 aliphatic heterocycles. The number of halogens is 1. The Labute approximate surface area is 121 Å². The van der Waals surface area contributed by atoms with Crippen LogP contribution in [0.2, 0.25) is 0 Å². The van der Waals surface area contributed by atoms with Crippen LogP contribution in [-0.4, -0.2) is 18.6 Å². The summed E-state index contributed by atoms with van der Waals surface area (Å²) in [6.45, 7) is 3.78. The van der Waals surface area contributed by atoms with E-state index in [4.69, 9.17) is 4.74 Å². The number of carbonyl (C=O) groups excluding carboxylic acids is 1. The highest BCUT2D eigenvalue weighted by Gasteiger charge is 2.34. The number of hydrogen-bond donors (Lipinski definition) is 1. The summed E-state index contributed by atoms with van der Waals surface area (Å²) in [5.74, 6) is -0.335. The standard InChI is InChI=1S/C14H17BrN2O2/c1-4-8-14(2,13(18)19-3)17-12-7-5-6-11(15)10(12)9-16/h5-7,17H,4,8H2,1-3H3. The van der Waals surface area contributed by atoms with E-state index >= 15 is 0 Å². The number of anilines is 1. The molecule has 1 unspecified atom stereocenters. The van der Waals surface area contributed by atoms with Crippen LogP contribution in [0.5, 0.6) is 0 Å². The molecule has 0 radical (unpaired) electrons. The second-order valence-corrected chi connectivity index (χ2v) is 5.33. The molecule has 4 nitrogen and oxygen atoms in total. The zero-order chi connectivity index (χ0) is 14.5. The number of hydrogen-bond acceptors (Lipinski definition) is 4. The molecule has 0 spiro atoms. The Bertz CT molecular complexity index is 511. The molecule has 0 bridgehead atoms. The Morgan fingerprint density at radius 1 is 1.58 bits per heavy atom. The lowest BCUT2D eigenvalue weighted by atomic mass is 9.95. The molecule has 1 aromatic carbocycles. The first kappa shape index (κ1) is 15.5. The zero-order valence-corrected chi connectivity index (χ0v) is 12.9. The molecule has 1 rings (SSSR count). The maximum atomic E-state index is 11.9. The van der Waals surface area contributed by atoms with Crippen molar-refractivity contribution in [3.63, 3.8) is 0 Å². The van der Waals surface area contributed by atoms with Crippen molar-refractivity contribution in [2.24, 2.45) is 0 Å². The van der Waals surface area contributed by atoms with E-state index in [0.29, 0.717) is 22.1 Å². The zero-order valence-electron chi connectivity index (χ0n) is 11.3. The molecule has 0 amide bonds. The maximum Gasteiger partial charge on any atom is 0.331 e. The molecule has 1 N–H and O–H groups in total. The molecule has 19 heavy (non-hydrogen) atoms. The highest BCUT2D eigenvalue weighted by molar-refractivity contribution is 9.10. The molecule has 0 saturated carbocycles. The molecule has 5 heteroatoms. The first-order valence-electron chi connectivity index (χ1n) is 6.03. The molecule has 0 fully saturated rings. The van der Waals surface area contributed by atoms with Crippen molar-refractivity contribution in [2.75, 3.05) is 12.4 Å². The average Bonchev–Trinajstić information content (AvgIpc) is 2.38.